The minimum atomic E-state index is -1.83. The number of benzene rings is 2. The Morgan fingerprint density at radius 1 is 1.00 bits per heavy atom. The van der Waals surface area contributed by atoms with Crippen LogP contribution in [0.1, 0.15) is 55.9 Å². The molecule has 0 spiro atoms. The number of rotatable bonds is 11. The standard InChI is InChI=1S/C30H36Cl2N4O3.CH2O3.ClH/c1-4-38-22-12-14-24(31)23(18-22)29-28(20-11-13-25(32)27(17-20)39-16-8-15-36(2)3)35-26(19-33-29)30(37)34-21-9-6-5-7-10-21;2-1(3)4;/h11-14,17-19,21H,4-10,15-16H2,1-3H3,(H,34,37);(H2,2,3,4);1H. The summed E-state index contributed by atoms with van der Waals surface area (Å²) in [5.74, 6) is 0.988. The second kappa shape index (κ2) is 18.5. The molecule has 3 aromatic rings. The van der Waals surface area contributed by atoms with Gasteiger partial charge in [0.15, 0.2) is 0 Å². The van der Waals surface area contributed by atoms with Crippen LogP contribution in [0.5, 0.6) is 11.5 Å². The molecule has 13 heteroatoms. The van der Waals surface area contributed by atoms with Gasteiger partial charge in [-0.25, -0.2) is 9.78 Å². The Labute approximate surface area is 274 Å². The monoisotopic (exact) mass is 668 g/mol. The summed E-state index contributed by atoms with van der Waals surface area (Å²) in [6.07, 6.45) is 5.95. The SMILES string of the molecule is CCOc1ccc(Cl)c(-c2ncc(C(=O)NC3CCCCC3)nc2-c2ccc(Cl)c(OCCCN(C)C)c2)c1.Cl.O=C(O)O. The van der Waals surface area contributed by atoms with Crippen LogP contribution in [0.3, 0.4) is 0 Å². The molecule has 4 rings (SSSR count). The number of carbonyl (C=O) groups is 2. The maximum atomic E-state index is 13.2. The molecule has 0 aliphatic heterocycles. The predicted molar refractivity (Wildman–Crippen MR) is 175 cm³/mol. The third-order valence-corrected chi connectivity index (χ3v) is 7.30. The Balaban J connectivity index is 0.00000127. The first-order chi connectivity index (χ1) is 20.6. The number of nitrogens with zero attached hydrogens (tertiary/aromatic N) is 3. The van der Waals surface area contributed by atoms with Gasteiger partial charge in [-0.3, -0.25) is 9.78 Å². The molecule has 0 saturated heterocycles. The highest BCUT2D eigenvalue weighted by Gasteiger charge is 2.22. The van der Waals surface area contributed by atoms with Crippen molar-refractivity contribution in [3.8, 4) is 34.0 Å². The summed E-state index contributed by atoms with van der Waals surface area (Å²) < 4.78 is 11.7. The molecule has 1 aliphatic carbocycles. The summed E-state index contributed by atoms with van der Waals surface area (Å²) in [6, 6.07) is 11.1. The van der Waals surface area contributed by atoms with Gasteiger partial charge < -0.3 is 29.9 Å². The lowest BCUT2D eigenvalue weighted by molar-refractivity contribution is 0.0922. The minimum absolute atomic E-state index is 0. The fraction of sp³-hybridized carbons (Fsp3) is 0.419. The normalized spacial score (nSPS) is 12.9. The van der Waals surface area contributed by atoms with Crippen LogP contribution < -0.4 is 14.8 Å². The fourth-order valence-corrected chi connectivity index (χ4v) is 5.05. The van der Waals surface area contributed by atoms with Crippen LogP contribution in [0, 0.1) is 0 Å². The van der Waals surface area contributed by atoms with Gasteiger partial charge in [0.05, 0.1) is 40.8 Å². The van der Waals surface area contributed by atoms with E-state index in [-0.39, 0.29) is 30.0 Å². The molecule has 1 heterocycles. The van der Waals surface area contributed by atoms with E-state index < -0.39 is 6.16 Å². The van der Waals surface area contributed by atoms with Gasteiger partial charge >= 0.3 is 6.16 Å². The van der Waals surface area contributed by atoms with Crippen molar-refractivity contribution in [1.29, 1.82) is 0 Å². The number of hydrogen-bond acceptors (Lipinski definition) is 7. The van der Waals surface area contributed by atoms with Gasteiger partial charge in [0, 0.05) is 23.7 Å². The summed E-state index contributed by atoms with van der Waals surface area (Å²) >= 11 is 13.1. The average molecular weight is 670 g/mol. The zero-order chi connectivity index (χ0) is 31.4. The molecule has 0 radical (unpaired) electrons. The molecule has 10 nitrogen and oxygen atoms in total. The molecule has 1 saturated carbocycles. The molecular formula is C31H39Cl3N4O6. The van der Waals surface area contributed by atoms with E-state index in [4.69, 9.17) is 57.7 Å². The molecule has 1 aliphatic rings. The second-order valence-electron chi connectivity index (χ2n) is 10.3. The zero-order valence-electron chi connectivity index (χ0n) is 25.0. The van der Waals surface area contributed by atoms with Crippen LogP contribution in [0.15, 0.2) is 42.6 Å². The van der Waals surface area contributed by atoms with E-state index >= 15 is 0 Å². The van der Waals surface area contributed by atoms with Crippen molar-refractivity contribution in [2.45, 2.75) is 51.5 Å². The lowest BCUT2D eigenvalue weighted by Gasteiger charge is -2.22. The number of aromatic nitrogens is 2. The first-order valence-corrected chi connectivity index (χ1v) is 14.9. The number of halogens is 3. The number of carboxylic acid groups (broad SMARTS) is 2. The summed E-state index contributed by atoms with van der Waals surface area (Å²) in [5.41, 5.74) is 2.68. The molecule has 1 aromatic heterocycles. The van der Waals surface area contributed by atoms with E-state index in [9.17, 15) is 4.79 Å². The molecular weight excluding hydrogens is 631 g/mol. The van der Waals surface area contributed by atoms with Gasteiger partial charge in [-0.2, -0.15) is 0 Å². The average Bonchev–Trinajstić information content (AvgIpc) is 2.97. The van der Waals surface area contributed by atoms with Crippen molar-refractivity contribution >= 4 is 47.7 Å². The van der Waals surface area contributed by atoms with E-state index in [0.29, 0.717) is 51.7 Å². The van der Waals surface area contributed by atoms with E-state index in [0.717, 1.165) is 44.2 Å². The van der Waals surface area contributed by atoms with Gasteiger partial charge in [-0.1, -0.05) is 48.5 Å². The van der Waals surface area contributed by atoms with E-state index in [2.05, 4.69) is 10.2 Å². The van der Waals surface area contributed by atoms with E-state index in [1.807, 2.05) is 45.3 Å². The van der Waals surface area contributed by atoms with Crippen LogP contribution >= 0.6 is 35.6 Å². The lowest BCUT2D eigenvalue weighted by Crippen LogP contribution is -2.36. The highest BCUT2D eigenvalue weighted by molar-refractivity contribution is 6.33. The molecule has 3 N–H and O–H groups in total. The Morgan fingerprint density at radius 2 is 1.68 bits per heavy atom. The quantitative estimate of drug-likeness (QED) is 0.177. The number of hydrogen-bond donors (Lipinski definition) is 3. The van der Waals surface area contributed by atoms with E-state index in [1.54, 1.807) is 12.1 Å². The van der Waals surface area contributed by atoms with Crippen LogP contribution in [-0.4, -0.2) is 77.0 Å². The second-order valence-corrected chi connectivity index (χ2v) is 11.1. The largest absolute Gasteiger partial charge is 0.503 e. The van der Waals surface area contributed by atoms with Crippen molar-refractivity contribution in [3.05, 3.63) is 58.3 Å². The molecule has 0 atom stereocenters. The molecule has 240 valence electrons. The number of nitrogens with one attached hydrogen (secondary N) is 1. The van der Waals surface area contributed by atoms with Crippen molar-refractivity contribution in [2.24, 2.45) is 0 Å². The maximum Gasteiger partial charge on any atom is 0.503 e. The van der Waals surface area contributed by atoms with Crippen molar-refractivity contribution in [2.75, 3.05) is 33.9 Å². The third kappa shape index (κ3) is 11.3. The topological polar surface area (TPSA) is 134 Å². The zero-order valence-corrected chi connectivity index (χ0v) is 27.3. The molecule has 1 amide bonds. The maximum absolute atomic E-state index is 13.2. The van der Waals surface area contributed by atoms with Crippen LogP contribution in [-0.2, 0) is 0 Å². The Bertz CT molecular complexity index is 1380. The highest BCUT2D eigenvalue weighted by atomic mass is 35.5. The van der Waals surface area contributed by atoms with Gasteiger partial charge in [-0.15, -0.1) is 12.4 Å². The van der Waals surface area contributed by atoms with Crippen LogP contribution in [0.4, 0.5) is 4.79 Å². The highest BCUT2D eigenvalue weighted by Crippen LogP contribution is 2.38. The first kappa shape index (κ1) is 36.9. The first-order valence-electron chi connectivity index (χ1n) is 14.2. The lowest BCUT2D eigenvalue weighted by atomic mass is 9.95. The van der Waals surface area contributed by atoms with Gasteiger partial charge in [0.2, 0.25) is 0 Å². The van der Waals surface area contributed by atoms with Gasteiger partial charge in [-0.05, 0) is 70.6 Å². The smallest absolute Gasteiger partial charge is 0.494 e. The molecule has 1 fully saturated rings. The Kier molecular flexibility index (Phi) is 15.5. The van der Waals surface area contributed by atoms with Crippen molar-refractivity contribution in [3.63, 3.8) is 0 Å². The summed E-state index contributed by atoms with van der Waals surface area (Å²) in [4.78, 5) is 33.4. The molecule has 44 heavy (non-hydrogen) atoms. The Hall–Kier alpha value is -3.31. The third-order valence-electron chi connectivity index (χ3n) is 6.66. The van der Waals surface area contributed by atoms with E-state index in [1.165, 1.54) is 12.6 Å². The number of amides is 1. The fourth-order valence-electron chi connectivity index (χ4n) is 4.67. The van der Waals surface area contributed by atoms with Gasteiger partial charge in [0.1, 0.15) is 17.2 Å². The van der Waals surface area contributed by atoms with Crippen molar-refractivity contribution in [1.82, 2.24) is 20.2 Å². The predicted octanol–water partition coefficient (Wildman–Crippen LogP) is 7.55. The molecule has 2 aromatic carbocycles. The number of carbonyl (C=O) groups excluding carboxylic acids is 1. The Morgan fingerprint density at radius 3 is 2.34 bits per heavy atom. The summed E-state index contributed by atoms with van der Waals surface area (Å²) in [5, 5.41) is 18.1. The molecule has 0 unspecified atom stereocenters. The molecule has 0 bridgehead atoms. The van der Waals surface area contributed by atoms with Crippen molar-refractivity contribution < 1.29 is 29.3 Å². The minimum Gasteiger partial charge on any atom is -0.494 e. The summed E-state index contributed by atoms with van der Waals surface area (Å²) in [7, 11) is 4.05. The van der Waals surface area contributed by atoms with Crippen LogP contribution in [0.2, 0.25) is 10.0 Å². The number of ether oxygens (including phenoxy) is 2. The van der Waals surface area contributed by atoms with Gasteiger partial charge in [0.25, 0.3) is 5.91 Å². The summed E-state index contributed by atoms with van der Waals surface area (Å²) in [6.45, 7) is 3.87. The van der Waals surface area contributed by atoms with Crippen LogP contribution in [0.25, 0.3) is 22.5 Å².